The molecule has 5 heteroatoms. The standard InChI is InChI=1S/C5H13O2PS2/c1-3-5-10-8(6,9)7-4-2/h3-5H2,1-2H3,(H,6,9)/p-1. The van der Waals surface area contributed by atoms with E-state index >= 15 is 0 Å². The first-order chi connectivity index (χ1) is 4.62. The molecular weight excluding hydrogens is 187 g/mol. The average Bonchev–Trinajstić information content (AvgIpc) is 1.84. The van der Waals surface area contributed by atoms with Crippen LogP contribution < -0.4 is 4.89 Å². The summed E-state index contributed by atoms with van der Waals surface area (Å²) in [6.45, 7) is 4.26. The van der Waals surface area contributed by atoms with Gasteiger partial charge in [0.15, 0.2) is 0 Å². The molecule has 0 N–H and O–H groups in total. The van der Waals surface area contributed by atoms with E-state index in [1.165, 1.54) is 11.4 Å². The van der Waals surface area contributed by atoms with Crippen molar-refractivity contribution in [1.29, 1.82) is 0 Å². The molecule has 0 aromatic heterocycles. The molecule has 0 heterocycles. The van der Waals surface area contributed by atoms with Gasteiger partial charge in [-0.2, -0.15) is 0 Å². The maximum Gasteiger partial charge on any atom is 0.0485 e. The lowest BCUT2D eigenvalue weighted by atomic mass is 10.6. The van der Waals surface area contributed by atoms with E-state index in [0.29, 0.717) is 6.61 Å². The summed E-state index contributed by atoms with van der Waals surface area (Å²) in [5.74, 6) is 0.820. The summed E-state index contributed by atoms with van der Waals surface area (Å²) in [6, 6.07) is 0. The van der Waals surface area contributed by atoms with E-state index in [0.717, 1.165) is 12.2 Å². The number of hydrogen-bond donors (Lipinski definition) is 0. The lowest BCUT2D eigenvalue weighted by molar-refractivity contribution is -0.174. The van der Waals surface area contributed by atoms with Gasteiger partial charge in [0.1, 0.15) is 0 Å². The number of rotatable bonds is 5. The van der Waals surface area contributed by atoms with Crippen molar-refractivity contribution in [3.8, 4) is 0 Å². The van der Waals surface area contributed by atoms with Crippen molar-refractivity contribution in [3.63, 3.8) is 0 Å². The van der Waals surface area contributed by atoms with E-state index in [-0.39, 0.29) is 0 Å². The predicted octanol–water partition coefficient (Wildman–Crippen LogP) is 1.75. The van der Waals surface area contributed by atoms with Gasteiger partial charge in [-0.05, 0) is 19.1 Å². The Morgan fingerprint density at radius 2 is 2.20 bits per heavy atom. The zero-order chi connectivity index (χ0) is 8.04. The quantitative estimate of drug-likeness (QED) is 0.631. The minimum atomic E-state index is -2.71. The second-order valence-electron chi connectivity index (χ2n) is 1.70. The molecule has 0 amide bonds. The summed E-state index contributed by atoms with van der Waals surface area (Å²) < 4.78 is 4.86. The zero-order valence-corrected chi connectivity index (χ0v) is 8.73. The maximum atomic E-state index is 11.1. The van der Waals surface area contributed by atoms with Crippen LogP contribution in [-0.2, 0) is 16.3 Å². The number of hydrogen-bond acceptors (Lipinski definition) is 4. The van der Waals surface area contributed by atoms with Gasteiger partial charge in [-0.15, -0.1) is 11.4 Å². The molecule has 0 bridgehead atoms. The van der Waals surface area contributed by atoms with Gasteiger partial charge in [-0.1, -0.05) is 18.7 Å². The fraction of sp³-hybridized carbons (Fsp3) is 1.00. The Hall–Kier alpha value is 0.920. The van der Waals surface area contributed by atoms with Gasteiger partial charge in [0.05, 0.1) is 0 Å². The van der Waals surface area contributed by atoms with Gasteiger partial charge in [0.25, 0.3) is 0 Å². The topological polar surface area (TPSA) is 32.3 Å². The molecule has 0 saturated carbocycles. The highest BCUT2D eigenvalue weighted by Crippen LogP contribution is 2.51. The van der Waals surface area contributed by atoms with E-state index in [4.69, 9.17) is 16.3 Å². The smallest absolute Gasteiger partial charge is 0.0485 e. The third kappa shape index (κ3) is 5.69. The Bertz CT molecular complexity index is 129. The van der Waals surface area contributed by atoms with Crippen LogP contribution in [-0.4, -0.2) is 12.4 Å². The van der Waals surface area contributed by atoms with Crippen molar-refractivity contribution in [2.75, 3.05) is 12.4 Å². The zero-order valence-electron chi connectivity index (χ0n) is 6.20. The van der Waals surface area contributed by atoms with Gasteiger partial charge in [-0.25, -0.2) is 0 Å². The fourth-order valence-corrected chi connectivity index (χ4v) is 3.94. The minimum Gasteiger partial charge on any atom is -0.793 e. The van der Waals surface area contributed by atoms with Crippen molar-refractivity contribution >= 4 is 28.9 Å². The molecule has 0 aromatic carbocycles. The summed E-state index contributed by atoms with van der Waals surface area (Å²) in [4.78, 5) is 11.1. The lowest BCUT2D eigenvalue weighted by Gasteiger charge is -2.25. The molecule has 0 fully saturated rings. The first-order valence-electron chi connectivity index (χ1n) is 3.22. The van der Waals surface area contributed by atoms with Crippen LogP contribution in [0.1, 0.15) is 20.3 Å². The lowest BCUT2D eigenvalue weighted by Crippen LogP contribution is -2.00. The van der Waals surface area contributed by atoms with E-state index in [1.807, 2.05) is 6.92 Å². The Labute approximate surface area is 71.3 Å². The van der Waals surface area contributed by atoms with Gasteiger partial charge < -0.3 is 9.42 Å². The van der Waals surface area contributed by atoms with Gasteiger partial charge in [0, 0.05) is 12.3 Å². The maximum absolute atomic E-state index is 11.1. The SMILES string of the molecule is CCCSP([O-])(=S)OCC. The molecule has 0 aliphatic carbocycles. The van der Waals surface area contributed by atoms with Crippen LogP contribution in [0.4, 0.5) is 0 Å². The van der Waals surface area contributed by atoms with Crippen molar-refractivity contribution < 1.29 is 9.42 Å². The highest BCUT2D eigenvalue weighted by atomic mass is 32.9. The van der Waals surface area contributed by atoms with Gasteiger partial charge in [0.2, 0.25) is 0 Å². The molecule has 62 valence electrons. The Morgan fingerprint density at radius 1 is 1.60 bits per heavy atom. The molecule has 2 nitrogen and oxygen atoms in total. The van der Waals surface area contributed by atoms with Crippen LogP contribution in [0.2, 0.25) is 0 Å². The molecule has 0 aromatic rings. The molecule has 0 aliphatic rings. The monoisotopic (exact) mass is 199 g/mol. The van der Waals surface area contributed by atoms with Crippen LogP contribution in [0.5, 0.6) is 0 Å². The molecule has 0 aliphatic heterocycles. The van der Waals surface area contributed by atoms with E-state index in [1.54, 1.807) is 6.92 Å². The highest BCUT2D eigenvalue weighted by Gasteiger charge is 1.99. The van der Waals surface area contributed by atoms with Crippen molar-refractivity contribution in [2.45, 2.75) is 20.3 Å². The molecule has 1 unspecified atom stereocenters. The Morgan fingerprint density at radius 3 is 2.60 bits per heavy atom. The van der Waals surface area contributed by atoms with E-state index in [2.05, 4.69) is 0 Å². The Balaban J connectivity index is 3.53. The fourth-order valence-electron chi connectivity index (χ4n) is 0.398. The van der Waals surface area contributed by atoms with Crippen LogP contribution in [0.3, 0.4) is 0 Å². The van der Waals surface area contributed by atoms with Gasteiger partial charge >= 0.3 is 0 Å². The third-order valence-electron chi connectivity index (χ3n) is 0.741. The van der Waals surface area contributed by atoms with Crippen LogP contribution in [0.25, 0.3) is 0 Å². The molecule has 1 atom stereocenters. The first-order valence-corrected chi connectivity index (χ1v) is 7.45. The summed E-state index contributed by atoms with van der Waals surface area (Å²) in [5, 5.41) is 0. The minimum absolute atomic E-state index is 0.442. The normalized spacial score (nSPS) is 16.7. The second-order valence-corrected chi connectivity index (χ2v) is 7.87. The molecule has 0 radical (unpaired) electrons. The third-order valence-corrected chi connectivity index (χ3v) is 5.30. The van der Waals surface area contributed by atoms with E-state index in [9.17, 15) is 4.89 Å². The summed E-state index contributed by atoms with van der Waals surface area (Å²) >= 11 is 5.96. The molecular formula is C5H12O2PS2-. The van der Waals surface area contributed by atoms with Crippen LogP contribution >= 0.6 is 17.1 Å². The van der Waals surface area contributed by atoms with Crippen molar-refractivity contribution in [1.82, 2.24) is 0 Å². The summed E-state index contributed by atoms with van der Waals surface area (Å²) in [6.07, 6.45) is 0.984. The van der Waals surface area contributed by atoms with E-state index < -0.39 is 5.69 Å². The summed E-state index contributed by atoms with van der Waals surface area (Å²) in [7, 11) is 0. The molecule has 0 spiro atoms. The molecule has 10 heavy (non-hydrogen) atoms. The van der Waals surface area contributed by atoms with Crippen LogP contribution in [0, 0.1) is 0 Å². The molecule has 0 rings (SSSR count). The molecule has 0 saturated heterocycles. The average molecular weight is 199 g/mol. The van der Waals surface area contributed by atoms with Crippen LogP contribution in [0.15, 0.2) is 0 Å². The summed E-state index contributed by atoms with van der Waals surface area (Å²) in [5.41, 5.74) is -2.71. The predicted molar refractivity (Wildman–Crippen MR) is 48.7 cm³/mol. The first kappa shape index (κ1) is 10.9. The highest BCUT2D eigenvalue weighted by molar-refractivity contribution is 8.67. The van der Waals surface area contributed by atoms with Gasteiger partial charge in [-0.3, -0.25) is 0 Å². The second kappa shape index (κ2) is 5.56. The van der Waals surface area contributed by atoms with Crippen molar-refractivity contribution in [2.24, 2.45) is 0 Å². The Kier molecular flexibility index (Phi) is 6.07. The van der Waals surface area contributed by atoms with Crippen molar-refractivity contribution in [3.05, 3.63) is 0 Å². The largest absolute Gasteiger partial charge is 0.793 e.